The summed E-state index contributed by atoms with van der Waals surface area (Å²) in [6.07, 6.45) is 1.96. The highest BCUT2D eigenvalue weighted by Gasteiger charge is 2.31. The Labute approximate surface area is 138 Å². The molecule has 0 spiro atoms. The van der Waals surface area contributed by atoms with Gasteiger partial charge in [0.2, 0.25) is 10.0 Å². The van der Waals surface area contributed by atoms with Crippen LogP contribution in [0.4, 0.5) is 0 Å². The molecule has 0 amide bonds. The molecule has 0 saturated carbocycles. The normalized spacial score (nSPS) is 20.5. The highest BCUT2D eigenvalue weighted by atomic mass is 35.5. The number of nitrogens with zero attached hydrogens (tertiary/aromatic N) is 1. The lowest BCUT2D eigenvalue weighted by atomic mass is 10.00. The molecule has 1 saturated heterocycles. The monoisotopic (exact) mass is 344 g/mol. The molecule has 1 aromatic carbocycles. The highest BCUT2D eigenvalue weighted by molar-refractivity contribution is 7.89. The summed E-state index contributed by atoms with van der Waals surface area (Å²) < 4.78 is 27.5. The van der Waals surface area contributed by atoms with E-state index in [9.17, 15) is 8.42 Å². The first-order valence-electron chi connectivity index (χ1n) is 7.80. The number of hydrogen-bond acceptors (Lipinski definition) is 3. The van der Waals surface area contributed by atoms with Gasteiger partial charge in [-0.15, -0.1) is 0 Å². The number of sulfonamides is 1. The molecule has 2 rings (SSSR count). The highest BCUT2D eigenvalue weighted by Crippen LogP contribution is 2.30. The van der Waals surface area contributed by atoms with Crippen LogP contribution in [0.15, 0.2) is 23.1 Å². The van der Waals surface area contributed by atoms with Gasteiger partial charge in [0.15, 0.2) is 0 Å². The molecule has 0 radical (unpaired) electrons. The number of hydrogen-bond donors (Lipinski definition) is 1. The van der Waals surface area contributed by atoms with Crippen molar-refractivity contribution >= 4 is 21.6 Å². The Hall–Kier alpha value is -0.620. The fourth-order valence-corrected chi connectivity index (χ4v) is 4.98. The van der Waals surface area contributed by atoms with Gasteiger partial charge in [-0.3, -0.25) is 0 Å². The fraction of sp³-hybridized carbons (Fsp3) is 0.625. The van der Waals surface area contributed by atoms with E-state index in [1.54, 1.807) is 16.4 Å². The summed E-state index contributed by atoms with van der Waals surface area (Å²) in [5.41, 5.74) is 0.992. The third-order valence-electron chi connectivity index (χ3n) is 4.21. The van der Waals surface area contributed by atoms with Gasteiger partial charge in [-0.1, -0.05) is 31.5 Å². The molecule has 124 valence electrons. The zero-order valence-corrected chi connectivity index (χ0v) is 15.0. The summed E-state index contributed by atoms with van der Waals surface area (Å²) in [6, 6.07) is 5.31. The standard InChI is InChI=1S/C16H25ClN2O2S/c1-12(2)14-6-7-15(17)16(9-14)22(20,21)19-8-4-5-13(11-19)10-18-3/h6-7,9,12-13,18H,4-5,8,10-11H2,1-3H3. The van der Waals surface area contributed by atoms with Crippen molar-refractivity contribution in [3.8, 4) is 0 Å². The van der Waals surface area contributed by atoms with E-state index in [4.69, 9.17) is 11.6 Å². The van der Waals surface area contributed by atoms with Crippen molar-refractivity contribution in [3.05, 3.63) is 28.8 Å². The number of benzene rings is 1. The summed E-state index contributed by atoms with van der Waals surface area (Å²) in [5.74, 6) is 0.630. The summed E-state index contributed by atoms with van der Waals surface area (Å²) in [5, 5.41) is 3.44. The van der Waals surface area contributed by atoms with Crippen molar-refractivity contribution in [1.82, 2.24) is 9.62 Å². The van der Waals surface area contributed by atoms with Crippen LogP contribution in [0, 0.1) is 5.92 Å². The number of rotatable bonds is 5. The molecule has 22 heavy (non-hydrogen) atoms. The second kappa shape index (κ2) is 7.30. The van der Waals surface area contributed by atoms with Crippen molar-refractivity contribution < 1.29 is 8.42 Å². The van der Waals surface area contributed by atoms with E-state index in [0.29, 0.717) is 24.0 Å². The Balaban J connectivity index is 2.31. The third kappa shape index (κ3) is 3.82. The molecule has 6 heteroatoms. The van der Waals surface area contributed by atoms with Gasteiger partial charge in [-0.05, 0) is 56.0 Å². The van der Waals surface area contributed by atoms with Gasteiger partial charge in [0.1, 0.15) is 4.90 Å². The van der Waals surface area contributed by atoms with Crippen molar-refractivity contribution in [2.45, 2.75) is 37.5 Å². The van der Waals surface area contributed by atoms with E-state index >= 15 is 0 Å². The topological polar surface area (TPSA) is 49.4 Å². The Morgan fingerprint density at radius 3 is 2.77 bits per heavy atom. The van der Waals surface area contributed by atoms with Gasteiger partial charge in [0.05, 0.1) is 5.02 Å². The summed E-state index contributed by atoms with van der Waals surface area (Å²) in [7, 11) is -1.63. The van der Waals surface area contributed by atoms with Crippen molar-refractivity contribution in [2.75, 3.05) is 26.7 Å². The molecule has 0 aliphatic carbocycles. The maximum atomic E-state index is 13.0. The first kappa shape index (κ1) is 17.7. The van der Waals surface area contributed by atoms with E-state index < -0.39 is 10.0 Å². The van der Waals surface area contributed by atoms with E-state index in [1.165, 1.54) is 0 Å². The second-order valence-corrected chi connectivity index (χ2v) is 8.59. The predicted octanol–water partition coefficient (Wildman–Crippen LogP) is 3.08. The zero-order chi connectivity index (χ0) is 16.3. The third-order valence-corrected chi connectivity index (χ3v) is 6.56. The van der Waals surface area contributed by atoms with E-state index in [-0.39, 0.29) is 10.8 Å². The average Bonchev–Trinajstić information content (AvgIpc) is 2.48. The number of halogens is 1. The van der Waals surface area contributed by atoms with Crippen LogP contribution in [0.3, 0.4) is 0 Å². The molecular formula is C16H25ClN2O2S. The lowest BCUT2D eigenvalue weighted by molar-refractivity contribution is 0.263. The largest absolute Gasteiger partial charge is 0.319 e. The molecule has 1 aromatic rings. The maximum absolute atomic E-state index is 13.0. The second-order valence-electron chi connectivity index (χ2n) is 6.27. The molecule has 4 nitrogen and oxygen atoms in total. The quantitative estimate of drug-likeness (QED) is 0.893. The van der Waals surface area contributed by atoms with Gasteiger partial charge in [-0.25, -0.2) is 8.42 Å². The van der Waals surface area contributed by atoms with E-state index in [0.717, 1.165) is 24.9 Å². The summed E-state index contributed by atoms with van der Waals surface area (Å²) in [6.45, 7) is 6.06. The molecule has 0 bridgehead atoms. The molecular weight excluding hydrogens is 320 g/mol. The van der Waals surface area contributed by atoms with Crippen LogP contribution >= 0.6 is 11.6 Å². The molecule has 1 atom stereocenters. The van der Waals surface area contributed by atoms with Crippen LogP contribution in [0.25, 0.3) is 0 Å². The lowest BCUT2D eigenvalue weighted by Gasteiger charge is -2.32. The number of piperidine rings is 1. The Morgan fingerprint density at radius 1 is 1.41 bits per heavy atom. The van der Waals surface area contributed by atoms with Crippen LogP contribution in [-0.4, -0.2) is 39.4 Å². The van der Waals surface area contributed by atoms with Crippen LogP contribution in [0.1, 0.15) is 38.2 Å². The first-order chi connectivity index (χ1) is 10.4. The first-order valence-corrected chi connectivity index (χ1v) is 9.62. The smallest absolute Gasteiger partial charge is 0.244 e. The van der Waals surface area contributed by atoms with Crippen LogP contribution in [0.2, 0.25) is 5.02 Å². The summed E-state index contributed by atoms with van der Waals surface area (Å²) in [4.78, 5) is 0.241. The van der Waals surface area contributed by atoms with Crippen LogP contribution in [0.5, 0.6) is 0 Å². The SMILES string of the molecule is CNCC1CCCN(S(=O)(=O)c2cc(C(C)C)ccc2Cl)C1. The maximum Gasteiger partial charge on any atom is 0.244 e. The van der Waals surface area contributed by atoms with Gasteiger partial charge in [0, 0.05) is 13.1 Å². The van der Waals surface area contributed by atoms with Gasteiger partial charge in [0.25, 0.3) is 0 Å². The fourth-order valence-electron chi connectivity index (χ4n) is 2.92. The molecule has 1 N–H and O–H groups in total. The molecule has 1 fully saturated rings. The minimum absolute atomic E-state index is 0.241. The van der Waals surface area contributed by atoms with Crippen molar-refractivity contribution in [2.24, 2.45) is 5.92 Å². The molecule has 1 unspecified atom stereocenters. The van der Waals surface area contributed by atoms with Gasteiger partial charge in [-0.2, -0.15) is 4.31 Å². The van der Waals surface area contributed by atoms with Gasteiger partial charge < -0.3 is 5.32 Å². The molecule has 1 aliphatic rings. The van der Waals surface area contributed by atoms with Gasteiger partial charge >= 0.3 is 0 Å². The summed E-state index contributed by atoms with van der Waals surface area (Å²) >= 11 is 6.18. The molecule has 0 aromatic heterocycles. The Bertz CT molecular complexity index is 615. The lowest BCUT2D eigenvalue weighted by Crippen LogP contribution is -2.42. The molecule has 1 heterocycles. The van der Waals surface area contributed by atoms with Crippen LogP contribution in [-0.2, 0) is 10.0 Å². The van der Waals surface area contributed by atoms with Crippen molar-refractivity contribution in [3.63, 3.8) is 0 Å². The minimum atomic E-state index is -3.53. The van der Waals surface area contributed by atoms with Crippen molar-refractivity contribution in [1.29, 1.82) is 0 Å². The zero-order valence-electron chi connectivity index (χ0n) is 13.5. The van der Waals surface area contributed by atoms with E-state index in [2.05, 4.69) is 5.32 Å². The molecule has 1 aliphatic heterocycles. The van der Waals surface area contributed by atoms with Crippen LogP contribution < -0.4 is 5.32 Å². The number of nitrogens with one attached hydrogen (secondary N) is 1. The predicted molar refractivity (Wildman–Crippen MR) is 91.0 cm³/mol. The average molecular weight is 345 g/mol. The minimum Gasteiger partial charge on any atom is -0.319 e. The Kier molecular flexibility index (Phi) is 5.88. The Morgan fingerprint density at radius 2 is 2.14 bits per heavy atom. The van der Waals surface area contributed by atoms with E-state index in [1.807, 2.05) is 27.0 Å².